The van der Waals surface area contributed by atoms with Crippen LogP contribution in [0.2, 0.25) is 0 Å². The Hall–Kier alpha value is -1.69. The number of imide groups is 1. The van der Waals surface area contributed by atoms with E-state index in [1.807, 2.05) is 13.8 Å². The van der Waals surface area contributed by atoms with E-state index in [2.05, 4.69) is 0 Å². The molecule has 0 unspecified atom stereocenters. The number of nitrogens with zero attached hydrogens (tertiary/aromatic N) is 1. The van der Waals surface area contributed by atoms with Crippen LogP contribution in [0.15, 0.2) is 23.1 Å². The molecule has 1 heterocycles. The number of aryl methyl sites for hydroxylation is 1. The van der Waals surface area contributed by atoms with Gasteiger partial charge in [-0.3, -0.25) is 19.3 Å². The van der Waals surface area contributed by atoms with Crippen molar-refractivity contribution in [1.82, 2.24) is 4.90 Å². The van der Waals surface area contributed by atoms with E-state index in [1.165, 1.54) is 12.1 Å². The minimum Gasteiger partial charge on any atom is -0.292 e. The molecular formula is C15H18FNO3S. The highest BCUT2D eigenvalue weighted by molar-refractivity contribution is 7.94. The summed E-state index contributed by atoms with van der Waals surface area (Å²) < 4.78 is 12.4. The average molecular weight is 311 g/mol. The Kier molecular flexibility index (Phi) is 6.55. The number of hydrogen-bond donors (Lipinski definition) is 0. The van der Waals surface area contributed by atoms with Gasteiger partial charge in [0.05, 0.1) is 18.7 Å². The minimum absolute atomic E-state index is 0.107. The number of halogens is 1. The van der Waals surface area contributed by atoms with Crippen LogP contribution in [-0.4, -0.2) is 29.0 Å². The largest absolute Gasteiger partial charge is 0.292 e. The number of likely N-dealkylation sites (tertiary alicyclic amines) is 1. The molecule has 0 radical (unpaired) electrons. The van der Waals surface area contributed by atoms with Crippen molar-refractivity contribution in [2.24, 2.45) is 0 Å². The number of rotatable bonds is 4. The van der Waals surface area contributed by atoms with E-state index in [1.54, 1.807) is 13.0 Å². The Morgan fingerprint density at radius 3 is 2.29 bits per heavy atom. The molecule has 0 N–H and O–H groups in total. The van der Waals surface area contributed by atoms with E-state index < -0.39 is 0 Å². The van der Waals surface area contributed by atoms with Crippen molar-refractivity contribution in [1.29, 1.82) is 0 Å². The van der Waals surface area contributed by atoms with Gasteiger partial charge in [0.1, 0.15) is 0 Å². The summed E-state index contributed by atoms with van der Waals surface area (Å²) in [7, 11) is 0. The van der Waals surface area contributed by atoms with E-state index in [9.17, 15) is 18.3 Å². The first-order valence-electron chi connectivity index (χ1n) is 6.78. The first kappa shape index (κ1) is 17.4. The van der Waals surface area contributed by atoms with Crippen molar-refractivity contribution < 1.29 is 18.3 Å². The highest BCUT2D eigenvalue weighted by Crippen LogP contribution is 2.22. The van der Waals surface area contributed by atoms with E-state index in [-0.39, 0.29) is 49.1 Å². The highest BCUT2D eigenvalue weighted by Gasteiger charge is 2.30. The number of carbonyl (C=O) groups is 3. The van der Waals surface area contributed by atoms with Crippen LogP contribution in [0.4, 0.5) is 3.89 Å². The molecule has 0 saturated carbocycles. The van der Waals surface area contributed by atoms with Crippen LogP contribution in [0, 0.1) is 6.92 Å². The van der Waals surface area contributed by atoms with Crippen LogP contribution in [0.25, 0.3) is 0 Å². The van der Waals surface area contributed by atoms with E-state index >= 15 is 0 Å². The second-order valence-electron chi connectivity index (χ2n) is 4.35. The second-order valence-corrected chi connectivity index (χ2v) is 4.98. The van der Waals surface area contributed by atoms with E-state index in [0.717, 1.165) is 4.90 Å². The van der Waals surface area contributed by atoms with Crippen molar-refractivity contribution >= 4 is 29.7 Å². The van der Waals surface area contributed by atoms with Gasteiger partial charge in [-0.1, -0.05) is 13.8 Å². The Balaban J connectivity index is 0.00000106. The van der Waals surface area contributed by atoms with Gasteiger partial charge in [0.25, 0.3) is 0 Å². The molecule has 114 valence electrons. The summed E-state index contributed by atoms with van der Waals surface area (Å²) >= 11 is 0.107. The molecule has 0 aromatic heterocycles. The second kappa shape index (κ2) is 7.93. The van der Waals surface area contributed by atoms with Gasteiger partial charge in [-0.05, 0) is 30.7 Å². The summed E-state index contributed by atoms with van der Waals surface area (Å²) in [6.45, 7) is 5.46. The van der Waals surface area contributed by atoms with Crippen LogP contribution in [0.3, 0.4) is 0 Å². The van der Waals surface area contributed by atoms with Crippen molar-refractivity contribution in [3.8, 4) is 0 Å². The minimum atomic E-state index is -0.313. The number of ketones is 1. The van der Waals surface area contributed by atoms with Gasteiger partial charge in [-0.25, -0.2) is 0 Å². The molecule has 1 aromatic rings. The van der Waals surface area contributed by atoms with Gasteiger partial charge in [0, 0.05) is 23.3 Å². The highest BCUT2D eigenvalue weighted by atomic mass is 32.2. The smallest absolute Gasteiger partial charge is 0.230 e. The maximum atomic E-state index is 12.4. The lowest BCUT2D eigenvalue weighted by molar-refractivity contribution is -0.137. The summed E-state index contributed by atoms with van der Waals surface area (Å²) in [6.07, 6.45) is 0.338. The summed E-state index contributed by atoms with van der Waals surface area (Å²) in [6, 6.07) is 4.58. The number of Topliss-reactive ketones (excluding diaryl/α,β-unsaturated/α-hetero) is 1. The molecule has 21 heavy (non-hydrogen) atoms. The Labute approximate surface area is 128 Å². The van der Waals surface area contributed by atoms with Gasteiger partial charge in [-0.2, -0.15) is 3.89 Å². The molecule has 0 aliphatic carbocycles. The van der Waals surface area contributed by atoms with E-state index in [4.69, 9.17) is 0 Å². The molecule has 1 fully saturated rings. The summed E-state index contributed by atoms with van der Waals surface area (Å²) in [5.74, 6) is -0.935. The van der Waals surface area contributed by atoms with Gasteiger partial charge < -0.3 is 0 Å². The van der Waals surface area contributed by atoms with Gasteiger partial charge in [0.15, 0.2) is 5.78 Å². The molecule has 4 nitrogen and oxygen atoms in total. The zero-order chi connectivity index (χ0) is 16.0. The quantitative estimate of drug-likeness (QED) is 0.632. The van der Waals surface area contributed by atoms with Crippen LogP contribution in [0.1, 0.15) is 42.6 Å². The molecule has 0 spiro atoms. The molecule has 1 saturated heterocycles. The molecule has 2 rings (SSSR count). The van der Waals surface area contributed by atoms with Crippen LogP contribution < -0.4 is 0 Å². The third-order valence-electron chi connectivity index (χ3n) is 3.04. The Morgan fingerprint density at radius 2 is 1.81 bits per heavy atom. The van der Waals surface area contributed by atoms with Gasteiger partial charge in [0.2, 0.25) is 11.8 Å². The molecular weight excluding hydrogens is 293 g/mol. The fraction of sp³-hybridized carbons (Fsp3) is 0.400. The molecule has 1 aliphatic heterocycles. The van der Waals surface area contributed by atoms with Crippen molar-refractivity contribution in [3.05, 3.63) is 29.3 Å². The zero-order valence-corrected chi connectivity index (χ0v) is 13.1. The number of benzene rings is 1. The lowest BCUT2D eigenvalue weighted by Crippen LogP contribution is -2.34. The lowest BCUT2D eigenvalue weighted by Gasteiger charge is -2.13. The molecule has 2 amide bonds. The summed E-state index contributed by atoms with van der Waals surface area (Å²) in [5, 5.41) is 0. The number of amides is 2. The van der Waals surface area contributed by atoms with Crippen molar-refractivity contribution in [3.63, 3.8) is 0 Å². The Morgan fingerprint density at radius 1 is 1.24 bits per heavy atom. The molecule has 6 heteroatoms. The normalized spacial score (nSPS) is 14.0. The topological polar surface area (TPSA) is 54.5 Å². The lowest BCUT2D eigenvalue weighted by atomic mass is 10.0. The number of carbonyl (C=O) groups excluding carboxylic acids is 3. The van der Waals surface area contributed by atoms with Crippen molar-refractivity contribution in [2.75, 3.05) is 6.54 Å². The first-order chi connectivity index (χ1) is 10.0. The fourth-order valence-electron chi connectivity index (χ4n) is 2.03. The third-order valence-corrected chi connectivity index (χ3v) is 3.48. The maximum absolute atomic E-state index is 12.4. The first-order valence-corrected chi connectivity index (χ1v) is 7.50. The van der Waals surface area contributed by atoms with Gasteiger partial charge >= 0.3 is 0 Å². The average Bonchev–Trinajstić information content (AvgIpc) is 2.80. The number of hydrogen-bond acceptors (Lipinski definition) is 4. The van der Waals surface area contributed by atoms with Crippen LogP contribution in [0.5, 0.6) is 0 Å². The molecule has 1 aromatic carbocycles. The molecule has 0 atom stereocenters. The third kappa shape index (κ3) is 4.14. The zero-order valence-electron chi connectivity index (χ0n) is 12.3. The molecule has 0 bridgehead atoms. The van der Waals surface area contributed by atoms with Crippen LogP contribution in [-0.2, 0) is 9.59 Å². The summed E-state index contributed by atoms with van der Waals surface area (Å²) in [5.41, 5.74) is 1.04. The fourth-order valence-corrected chi connectivity index (χ4v) is 2.37. The molecule has 1 aliphatic rings. The predicted octanol–water partition coefficient (Wildman–Crippen LogP) is 3.33. The van der Waals surface area contributed by atoms with Crippen LogP contribution >= 0.6 is 12.1 Å². The van der Waals surface area contributed by atoms with E-state index in [0.29, 0.717) is 16.0 Å². The Bertz CT molecular complexity index is 544. The predicted molar refractivity (Wildman–Crippen MR) is 79.8 cm³/mol. The standard InChI is InChI=1S/C13H12FNO3S.C2H6/c1-8-6-9(19-14)2-3-10(8)11(16)7-15-12(17)4-5-13(15)18;1-2/h2-3,6H,4-5,7H2,1H3;1-2H3. The maximum Gasteiger partial charge on any atom is 0.230 e. The SMILES string of the molecule is CC.Cc1cc(SF)ccc1C(=O)CN1C(=O)CCC1=O. The monoisotopic (exact) mass is 311 g/mol. The van der Waals surface area contributed by atoms with Crippen molar-refractivity contribution in [2.45, 2.75) is 38.5 Å². The van der Waals surface area contributed by atoms with Gasteiger partial charge in [-0.15, -0.1) is 0 Å². The summed E-state index contributed by atoms with van der Waals surface area (Å²) in [4.78, 5) is 36.3.